The van der Waals surface area contributed by atoms with Crippen LogP contribution in [0, 0.1) is 5.21 Å². The molecular weight excluding hydrogens is 254 g/mol. The Labute approximate surface area is 119 Å². The second-order valence-electron chi connectivity index (χ2n) is 5.65. The first kappa shape index (κ1) is 13.6. The van der Waals surface area contributed by atoms with E-state index in [1.165, 1.54) is 6.42 Å². The summed E-state index contributed by atoms with van der Waals surface area (Å²) in [5, 5.41) is 12.0. The molecule has 0 aromatic heterocycles. The lowest BCUT2D eigenvalue weighted by Gasteiger charge is -2.31. The maximum atomic E-state index is 12.0. The van der Waals surface area contributed by atoms with Crippen LogP contribution in [0.5, 0.6) is 0 Å². The first-order valence-electron chi connectivity index (χ1n) is 7.40. The molecular formula is C16H21NO3. The summed E-state index contributed by atoms with van der Waals surface area (Å²) in [6.45, 7) is 0.848. The van der Waals surface area contributed by atoms with E-state index in [4.69, 9.17) is 9.47 Å². The maximum Gasteiger partial charge on any atom is 0.182 e. The van der Waals surface area contributed by atoms with Crippen LogP contribution in [0.4, 0.5) is 0 Å². The topological polar surface area (TPSA) is 44.5 Å². The first-order valence-corrected chi connectivity index (χ1v) is 7.40. The molecule has 1 saturated carbocycles. The zero-order chi connectivity index (χ0) is 13.8. The van der Waals surface area contributed by atoms with Crippen molar-refractivity contribution >= 4 is 6.21 Å². The molecule has 1 spiro atoms. The van der Waals surface area contributed by atoms with Crippen molar-refractivity contribution in [2.75, 3.05) is 6.61 Å². The van der Waals surface area contributed by atoms with Crippen LogP contribution in [0.2, 0.25) is 0 Å². The lowest BCUT2D eigenvalue weighted by molar-refractivity contribution is -0.472. The summed E-state index contributed by atoms with van der Waals surface area (Å²) < 4.78 is 12.8. The SMILES string of the molecule is [O-]/[N+](=C\[C@H]1COC2(CCCCC2)O1)Cc1ccccc1. The summed E-state index contributed by atoms with van der Waals surface area (Å²) >= 11 is 0. The number of rotatable bonds is 3. The van der Waals surface area contributed by atoms with Gasteiger partial charge in [-0.05, 0) is 12.8 Å². The van der Waals surface area contributed by atoms with E-state index in [0.29, 0.717) is 13.2 Å². The van der Waals surface area contributed by atoms with Crippen molar-refractivity contribution in [3.8, 4) is 0 Å². The molecule has 1 aliphatic carbocycles. The monoisotopic (exact) mass is 275 g/mol. The highest BCUT2D eigenvalue weighted by Crippen LogP contribution is 2.37. The molecule has 2 aliphatic rings. The van der Waals surface area contributed by atoms with Crippen molar-refractivity contribution < 1.29 is 14.2 Å². The van der Waals surface area contributed by atoms with Gasteiger partial charge in [0.25, 0.3) is 0 Å². The minimum atomic E-state index is -0.410. The van der Waals surface area contributed by atoms with Gasteiger partial charge in [-0.1, -0.05) is 36.8 Å². The van der Waals surface area contributed by atoms with Crippen LogP contribution in [0.3, 0.4) is 0 Å². The van der Waals surface area contributed by atoms with Crippen LogP contribution >= 0.6 is 0 Å². The molecule has 20 heavy (non-hydrogen) atoms. The maximum absolute atomic E-state index is 12.0. The number of ether oxygens (including phenoxy) is 2. The fourth-order valence-electron chi connectivity index (χ4n) is 3.01. The van der Waals surface area contributed by atoms with Crippen molar-refractivity contribution in [1.82, 2.24) is 0 Å². The minimum absolute atomic E-state index is 0.214. The van der Waals surface area contributed by atoms with Crippen LogP contribution in [0.1, 0.15) is 37.7 Å². The number of hydrogen-bond donors (Lipinski definition) is 0. The standard InChI is InChI=1S/C16H21NO3/c18-17(11-14-7-3-1-4-8-14)12-15-13-19-16(20-15)9-5-2-6-10-16/h1,3-4,7-8,12,15H,2,5-6,9-11,13H2/b17-12-/t15-/m0/s1. The van der Waals surface area contributed by atoms with Gasteiger partial charge in [0, 0.05) is 18.4 Å². The molecule has 1 heterocycles. The Hall–Kier alpha value is -1.39. The van der Waals surface area contributed by atoms with Crippen molar-refractivity contribution in [3.63, 3.8) is 0 Å². The molecule has 4 heteroatoms. The summed E-state index contributed by atoms with van der Waals surface area (Å²) in [6.07, 6.45) is 6.86. The van der Waals surface area contributed by atoms with E-state index in [1.54, 1.807) is 6.21 Å². The van der Waals surface area contributed by atoms with E-state index >= 15 is 0 Å². The number of hydroxylamine groups is 1. The van der Waals surface area contributed by atoms with Crippen molar-refractivity contribution in [1.29, 1.82) is 0 Å². The molecule has 0 bridgehead atoms. The summed E-state index contributed by atoms with van der Waals surface area (Å²) in [5.41, 5.74) is 1.00. The van der Waals surface area contributed by atoms with E-state index in [0.717, 1.165) is 36.0 Å². The van der Waals surface area contributed by atoms with Gasteiger partial charge >= 0.3 is 0 Å². The van der Waals surface area contributed by atoms with Crippen LogP contribution in [-0.4, -0.2) is 29.5 Å². The molecule has 1 aliphatic heterocycles. The Bertz CT molecular complexity index is 466. The van der Waals surface area contributed by atoms with Crippen molar-refractivity contribution in [2.24, 2.45) is 0 Å². The summed E-state index contributed by atoms with van der Waals surface area (Å²) in [7, 11) is 0. The molecule has 1 aromatic rings. The molecule has 1 aromatic carbocycles. The molecule has 0 amide bonds. The predicted molar refractivity (Wildman–Crippen MR) is 76.5 cm³/mol. The van der Waals surface area contributed by atoms with Gasteiger partial charge in [-0.15, -0.1) is 0 Å². The van der Waals surface area contributed by atoms with E-state index in [9.17, 15) is 5.21 Å². The second-order valence-corrected chi connectivity index (χ2v) is 5.65. The van der Waals surface area contributed by atoms with Crippen LogP contribution in [0.15, 0.2) is 30.3 Å². The lowest BCUT2D eigenvalue weighted by Crippen LogP contribution is -2.33. The average molecular weight is 275 g/mol. The minimum Gasteiger partial charge on any atom is -0.624 e. The Balaban J connectivity index is 1.59. The molecule has 108 valence electrons. The van der Waals surface area contributed by atoms with Crippen LogP contribution < -0.4 is 0 Å². The highest BCUT2D eigenvalue weighted by molar-refractivity contribution is 5.58. The zero-order valence-corrected chi connectivity index (χ0v) is 11.7. The third kappa shape index (κ3) is 3.19. The van der Waals surface area contributed by atoms with Gasteiger partial charge in [-0.3, -0.25) is 0 Å². The molecule has 0 N–H and O–H groups in total. The Morgan fingerprint density at radius 3 is 2.70 bits per heavy atom. The smallest absolute Gasteiger partial charge is 0.182 e. The molecule has 0 radical (unpaired) electrons. The third-order valence-electron chi connectivity index (χ3n) is 4.01. The van der Waals surface area contributed by atoms with E-state index in [1.807, 2.05) is 30.3 Å². The normalized spacial score (nSPS) is 26.0. The molecule has 2 fully saturated rings. The largest absolute Gasteiger partial charge is 0.624 e. The van der Waals surface area contributed by atoms with Gasteiger partial charge in [0.1, 0.15) is 0 Å². The number of benzene rings is 1. The fraction of sp³-hybridized carbons (Fsp3) is 0.562. The third-order valence-corrected chi connectivity index (χ3v) is 4.01. The second kappa shape index (κ2) is 5.94. The van der Waals surface area contributed by atoms with Gasteiger partial charge in [-0.2, -0.15) is 0 Å². The van der Waals surface area contributed by atoms with E-state index < -0.39 is 5.79 Å². The zero-order valence-electron chi connectivity index (χ0n) is 11.7. The predicted octanol–water partition coefficient (Wildman–Crippen LogP) is 2.84. The van der Waals surface area contributed by atoms with Gasteiger partial charge < -0.3 is 14.7 Å². The fourth-order valence-corrected chi connectivity index (χ4v) is 3.01. The first-order chi connectivity index (χ1) is 9.76. The van der Waals surface area contributed by atoms with Crippen molar-refractivity contribution in [3.05, 3.63) is 41.1 Å². The van der Waals surface area contributed by atoms with E-state index in [2.05, 4.69) is 0 Å². The quantitative estimate of drug-likeness (QED) is 0.369. The highest BCUT2D eigenvalue weighted by atomic mass is 16.7. The van der Waals surface area contributed by atoms with Gasteiger partial charge in [0.2, 0.25) is 0 Å². The Morgan fingerprint density at radius 1 is 1.20 bits per heavy atom. The average Bonchev–Trinajstić information content (AvgIpc) is 2.83. The molecule has 1 saturated heterocycles. The molecule has 4 nitrogen and oxygen atoms in total. The molecule has 3 rings (SSSR count). The Kier molecular flexibility index (Phi) is 4.03. The van der Waals surface area contributed by atoms with Crippen LogP contribution in [-0.2, 0) is 16.0 Å². The van der Waals surface area contributed by atoms with Gasteiger partial charge in [0.05, 0.1) is 6.61 Å². The Morgan fingerprint density at radius 2 is 1.95 bits per heavy atom. The molecule has 1 atom stereocenters. The summed E-state index contributed by atoms with van der Waals surface area (Å²) in [4.78, 5) is 0. The van der Waals surface area contributed by atoms with Crippen molar-refractivity contribution in [2.45, 2.75) is 50.5 Å². The summed E-state index contributed by atoms with van der Waals surface area (Å²) in [6, 6.07) is 9.73. The van der Waals surface area contributed by atoms with Gasteiger partial charge in [0.15, 0.2) is 24.7 Å². The lowest BCUT2D eigenvalue weighted by atomic mass is 9.94. The molecule has 0 unspecified atom stereocenters. The number of nitrogens with zero attached hydrogens (tertiary/aromatic N) is 1. The summed E-state index contributed by atoms with van der Waals surface area (Å²) in [5.74, 6) is -0.410. The highest BCUT2D eigenvalue weighted by Gasteiger charge is 2.42. The van der Waals surface area contributed by atoms with Crippen LogP contribution in [0.25, 0.3) is 0 Å². The van der Waals surface area contributed by atoms with E-state index in [-0.39, 0.29) is 6.10 Å². The number of hydrogen-bond acceptors (Lipinski definition) is 3. The van der Waals surface area contributed by atoms with Gasteiger partial charge in [-0.25, -0.2) is 4.74 Å².